The number of halogens is 4. The summed E-state index contributed by atoms with van der Waals surface area (Å²) in [7, 11) is 0. The standard InChI is InChI=1S/C19H16BrF3N4O3/c20-13-5-10(6-24)1-4-15(13)30-16(14(9-28)27-18(29)19(21,22)23)12-7-25-17(26-8-12)11-2-3-11/h1,4-5,7-8,11,14,16,28H,2-3,9H2,(H,27,29)/t14-,16+/m0/s1. The van der Waals surface area contributed by atoms with Gasteiger partial charge in [0.15, 0.2) is 0 Å². The number of hydrogen-bond donors (Lipinski definition) is 2. The van der Waals surface area contributed by atoms with Crippen LogP contribution in [0, 0.1) is 11.3 Å². The molecule has 1 fully saturated rings. The molecule has 1 aliphatic carbocycles. The first-order valence-electron chi connectivity index (χ1n) is 8.89. The number of carbonyl (C=O) groups excluding carboxylic acids is 1. The number of amides is 1. The van der Waals surface area contributed by atoms with Crippen LogP contribution in [-0.4, -0.2) is 39.8 Å². The molecular weight excluding hydrogens is 469 g/mol. The van der Waals surface area contributed by atoms with Gasteiger partial charge in [0.1, 0.15) is 17.7 Å². The van der Waals surface area contributed by atoms with Crippen molar-refractivity contribution in [1.82, 2.24) is 15.3 Å². The smallest absolute Gasteiger partial charge is 0.471 e. The SMILES string of the molecule is N#Cc1ccc(O[C@H](c2cnc(C3CC3)nc2)[C@H](CO)NC(=O)C(F)(F)F)c(Br)c1. The number of rotatable bonds is 7. The molecule has 158 valence electrons. The van der Waals surface area contributed by atoms with Crippen molar-refractivity contribution in [1.29, 1.82) is 5.26 Å². The number of hydrogen-bond acceptors (Lipinski definition) is 6. The van der Waals surface area contributed by atoms with Crippen LogP contribution in [-0.2, 0) is 4.79 Å². The lowest BCUT2D eigenvalue weighted by molar-refractivity contribution is -0.175. The van der Waals surface area contributed by atoms with E-state index in [2.05, 4.69) is 25.9 Å². The molecule has 1 heterocycles. The van der Waals surface area contributed by atoms with Crippen molar-refractivity contribution in [3.8, 4) is 11.8 Å². The Bertz CT molecular complexity index is 959. The van der Waals surface area contributed by atoms with Crippen molar-refractivity contribution in [3.63, 3.8) is 0 Å². The lowest BCUT2D eigenvalue weighted by atomic mass is 10.0. The number of nitrogens with zero attached hydrogens (tertiary/aromatic N) is 3. The first-order valence-corrected chi connectivity index (χ1v) is 9.69. The van der Waals surface area contributed by atoms with Gasteiger partial charge in [-0.3, -0.25) is 4.79 Å². The topological polar surface area (TPSA) is 108 Å². The Balaban J connectivity index is 1.92. The van der Waals surface area contributed by atoms with E-state index < -0.39 is 30.8 Å². The minimum absolute atomic E-state index is 0.199. The van der Waals surface area contributed by atoms with E-state index in [0.29, 0.717) is 15.9 Å². The summed E-state index contributed by atoms with van der Waals surface area (Å²) < 4.78 is 44.4. The normalized spacial score (nSPS) is 15.7. The second kappa shape index (κ2) is 8.97. The summed E-state index contributed by atoms with van der Waals surface area (Å²) in [5.74, 6) is -1.11. The van der Waals surface area contributed by atoms with Gasteiger partial charge in [0.05, 0.1) is 28.8 Å². The lowest BCUT2D eigenvalue weighted by Crippen LogP contribution is -2.48. The summed E-state index contributed by atoms with van der Waals surface area (Å²) in [6.07, 6.45) is -1.59. The number of ether oxygens (including phenoxy) is 1. The van der Waals surface area contributed by atoms with E-state index in [-0.39, 0.29) is 17.2 Å². The number of aliphatic hydroxyl groups is 1. The molecule has 2 aromatic rings. The highest BCUT2D eigenvalue weighted by atomic mass is 79.9. The van der Waals surface area contributed by atoms with Crippen LogP contribution in [0.15, 0.2) is 35.1 Å². The molecule has 0 saturated heterocycles. The van der Waals surface area contributed by atoms with Crippen molar-refractivity contribution in [2.75, 3.05) is 6.61 Å². The third kappa shape index (κ3) is 5.25. The fourth-order valence-corrected chi connectivity index (χ4v) is 3.17. The summed E-state index contributed by atoms with van der Waals surface area (Å²) >= 11 is 3.24. The molecule has 1 aliphatic rings. The largest absolute Gasteiger partial charge is 0.482 e. The zero-order valence-corrected chi connectivity index (χ0v) is 16.9. The molecule has 30 heavy (non-hydrogen) atoms. The predicted octanol–water partition coefficient (Wildman–Crippen LogP) is 3.15. The van der Waals surface area contributed by atoms with Crippen LogP contribution in [0.1, 0.15) is 41.8 Å². The molecule has 0 bridgehead atoms. The van der Waals surface area contributed by atoms with E-state index >= 15 is 0 Å². The molecule has 2 atom stereocenters. The number of aliphatic hydroxyl groups excluding tert-OH is 1. The van der Waals surface area contributed by atoms with E-state index in [4.69, 9.17) is 10.00 Å². The molecule has 1 aromatic carbocycles. The third-order valence-electron chi connectivity index (χ3n) is 4.41. The summed E-state index contributed by atoms with van der Waals surface area (Å²) in [4.78, 5) is 19.9. The Morgan fingerprint density at radius 2 is 2.03 bits per heavy atom. The Morgan fingerprint density at radius 3 is 2.53 bits per heavy atom. The highest BCUT2D eigenvalue weighted by Gasteiger charge is 2.41. The van der Waals surface area contributed by atoms with Gasteiger partial charge in [-0.2, -0.15) is 18.4 Å². The fraction of sp³-hybridized carbons (Fsp3) is 0.368. The van der Waals surface area contributed by atoms with E-state index in [1.165, 1.54) is 30.6 Å². The second-order valence-corrected chi connectivity index (χ2v) is 7.56. The molecule has 0 spiro atoms. The van der Waals surface area contributed by atoms with Crippen molar-refractivity contribution in [2.45, 2.75) is 37.1 Å². The Kier molecular flexibility index (Phi) is 6.58. The number of carbonyl (C=O) groups is 1. The average molecular weight is 485 g/mol. The van der Waals surface area contributed by atoms with Gasteiger partial charge in [-0.05, 0) is 47.0 Å². The number of alkyl halides is 3. The van der Waals surface area contributed by atoms with Gasteiger partial charge < -0.3 is 15.2 Å². The van der Waals surface area contributed by atoms with Gasteiger partial charge in [-0.15, -0.1) is 0 Å². The van der Waals surface area contributed by atoms with E-state index in [0.717, 1.165) is 12.8 Å². The summed E-state index contributed by atoms with van der Waals surface area (Å²) in [5, 5.41) is 20.4. The molecular formula is C19H16BrF3N4O3. The van der Waals surface area contributed by atoms with Crippen LogP contribution < -0.4 is 10.1 Å². The maximum Gasteiger partial charge on any atom is 0.471 e. The van der Waals surface area contributed by atoms with Gasteiger partial charge in [0, 0.05) is 23.9 Å². The predicted molar refractivity (Wildman–Crippen MR) is 101 cm³/mol. The molecule has 0 radical (unpaired) electrons. The highest BCUT2D eigenvalue weighted by Crippen LogP contribution is 2.38. The summed E-state index contributed by atoms with van der Waals surface area (Å²) in [6, 6.07) is 4.91. The van der Waals surface area contributed by atoms with Crippen molar-refractivity contribution < 1.29 is 27.8 Å². The number of aromatic nitrogens is 2. The highest BCUT2D eigenvalue weighted by molar-refractivity contribution is 9.10. The molecule has 3 rings (SSSR count). The number of nitrogens with one attached hydrogen (secondary N) is 1. The van der Waals surface area contributed by atoms with Gasteiger partial charge in [-0.25, -0.2) is 9.97 Å². The molecule has 1 saturated carbocycles. The third-order valence-corrected chi connectivity index (χ3v) is 5.03. The first-order chi connectivity index (χ1) is 14.2. The van der Waals surface area contributed by atoms with Crippen molar-refractivity contribution in [3.05, 3.63) is 52.0 Å². The molecule has 1 aromatic heterocycles. The average Bonchev–Trinajstić information content (AvgIpc) is 3.56. The zero-order chi connectivity index (χ0) is 21.9. The molecule has 0 aliphatic heterocycles. The molecule has 7 nitrogen and oxygen atoms in total. The van der Waals surface area contributed by atoms with Crippen LogP contribution in [0.25, 0.3) is 0 Å². The lowest BCUT2D eigenvalue weighted by Gasteiger charge is -2.28. The number of nitriles is 1. The Labute approximate surface area is 178 Å². The van der Waals surface area contributed by atoms with Crippen molar-refractivity contribution >= 4 is 21.8 Å². The second-order valence-electron chi connectivity index (χ2n) is 6.70. The quantitative estimate of drug-likeness (QED) is 0.624. The summed E-state index contributed by atoms with van der Waals surface area (Å²) in [5.41, 5.74) is 0.615. The fourth-order valence-electron chi connectivity index (χ4n) is 2.70. The maximum absolute atomic E-state index is 12.7. The van der Waals surface area contributed by atoms with Gasteiger partial charge in [0.2, 0.25) is 0 Å². The minimum atomic E-state index is -5.13. The van der Waals surface area contributed by atoms with Gasteiger partial charge in [0.25, 0.3) is 0 Å². The van der Waals surface area contributed by atoms with E-state index in [1.54, 1.807) is 5.32 Å². The van der Waals surface area contributed by atoms with Crippen LogP contribution in [0.3, 0.4) is 0 Å². The van der Waals surface area contributed by atoms with Crippen LogP contribution >= 0.6 is 15.9 Å². The number of benzene rings is 1. The van der Waals surface area contributed by atoms with Crippen molar-refractivity contribution in [2.24, 2.45) is 0 Å². The van der Waals surface area contributed by atoms with Crippen LogP contribution in [0.5, 0.6) is 5.75 Å². The van der Waals surface area contributed by atoms with Crippen LogP contribution in [0.2, 0.25) is 0 Å². The molecule has 1 amide bonds. The zero-order valence-electron chi connectivity index (χ0n) is 15.4. The molecule has 11 heteroatoms. The van der Waals surface area contributed by atoms with Gasteiger partial charge >= 0.3 is 12.1 Å². The van der Waals surface area contributed by atoms with Crippen LogP contribution in [0.4, 0.5) is 13.2 Å². The van der Waals surface area contributed by atoms with Gasteiger partial charge in [-0.1, -0.05) is 0 Å². The van der Waals surface area contributed by atoms with E-state index in [9.17, 15) is 23.1 Å². The molecule has 2 N–H and O–H groups in total. The molecule has 0 unspecified atom stereocenters. The van der Waals surface area contributed by atoms with E-state index in [1.807, 2.05) is 6.07 Å². The Hall–Kier alpha value is -2.71. The Morgan fingerprint density at radius 1 is 1.37 bits per heavy atom. The first kappa shape index (κ1) is 22.0. The monoisotopic (exact) mass is 484 g/mol. The maximum atomic E-state index is 12.7. The summed E-state index contributed by atoms with van der Waals surface area (Å²) in [6.45, 7) is -0.829. The minimum Gasteiger partial charge on any atom is -0.482 e.